The maximum Gasteiger partial charge on any atom is 0.259 e. The molecule has 0 aromatic carbocycles. The summed E-state index contributed by atoms with van der Waals surface area (Å²) in [5, 5.41) is 7.17. The van der Waals surface area contributed by atoms with E-state index in [1.54, 1.807) is 13.1 Å². The summed E-state index contributed by atoms with van der Waals surface area (Å²) < 4.78 is 5.13. The van der Waals surface area contributed by atoms with E-state index in [9.17, 15) is 0 Å². The van der Waals surface area contributed by atoms with Crippen molar-refractivity contribution in [1.29, 1.82) is 0 Å². The Morgan fingerprint density at radius 1 is 1.26 bits per heavy atom. The minimum atomic E-state index is 0.522. The Morgan fingerprint density at radius 3 is 2.95 bits per heavy atom. The van der Waals surface area contributed by atoms with Crippen molar-refractivity contribution < 1.29 is 4.52 Å². The van der Waals surface area contributed by atoms with Gasteiger partial charge in [0.2, 0.25) is 0 Å². The summed E-state index contributed by atoms with van der Waals surface area (Å²) in [7, 11) is 0. The highest BCUT2D eigenvalue weighted by atomic mass is 16.5. The number of rotatable bonds is 2. The van der Waals surface area contributed by atoms with Gasteiger partial charge in [0.05, 0.1) is 5.56 Å². The summed E-state index contributed by atoms with van der Waals surface area (Å²) in [5.41, 5.74) is 0.859. The summed E-state index contributed by atoms with van der Waals surface area (Å²) in [4.78, 5) is 11.0. The Labute approximate surface area is 111 Å². The van der Waals surface area contributed by atoms with Crippen molar-refractivity contribution in [2.75, 3.05) is 31.1 Å². The summed E-state index contributed by atoms with van der Waals surface area (Å²) in [6.45, 7) is 5.92. The first-order valence-electron chi connectivity index (χ1n) is 6.55. The molecule has 1 aliphatic heterocycles. The van der Waals surface area contributed by atoms with Crippen molar-refractivity contribution in [3.63, 3.8) is 0 Å². The molecule has 0 saturated carbocycles. The molecule has 0 atom stereocenters. The van der Waals surface area contributed by atoms with E-state index in [4.69, 9.17) is 4.52 Å². The fourth-order valence-corrected chi connectivity index (χ4v) is 2.19. The van der Waals surface area contributed by atoms with E-state index in [1.165, 1.54) is 0 Å². The number of hydrogen-bond donors (Lipinski definition) is 1. The number of nitrogens with zero attached hydrogens (tertiary/aromatic N) is 4. The zero-order chi connectivity index (χ0) is 13.1. The monoisotopic (exact) mass is 259 g/mol. The molecule has 0 aliphatic carbocycles. The average molecular weight is 259 g/mol. The van der Waals surface area contributed by atoms with Gasteiger partial charge < -0.3 is 14.7 Å². The first-order valence-corrected chi connectivity index (χ1v) is 6.55. The van der Waals surface area contributed by atoms with Crippen molar-refractivity contribution in [2.24, 2.45) is 0 Å². The number of aryl methyl sites for hydroxylation is 1. The van der Waals surface area contributed by atoms with Crippen LogP contribution in [0, 0.1) is 6.92 Å². The molecule has 0 spiro atoms. The lowest BCUT2D eigenvalue weighted by Crippen LogP contribution is -2.28. The molecule has 3 rings (SSSR count). The first kappa shape index (κ1) is 12.1. The van der Waals surface area contributed by atoms with Crippen LogP contribution in [0.2, 0.25) is 0 Å². The van der Waals surface area contributed by atoms with Gasteiger partial charge in [0.15, 0.2) is 5.82 Å². The fraction of sp³-hybridized carbons (Fsp3) is 0.462. The van der Waals surface area contributed by atoms with E-state index < -0.39 is 0 Å². The minimum Gasteiger partial charge on any atom is -0.355 e. The van der Waals surface area contributed by atoms with Crippen LogP contribution >= 0.6 is 0 Å². The molecule has 6 heteroatoms. The largest absolute Gasteiger partial charge is 0.355 e. The molecule has 2 aromatic heterocycles. The molecular formula is C13H17N5O. The van der Waals surface area contributed by atoms with Crippen molar-refractivity contribution >= 4 is 5.82 Å². The molecule has 0 bridgehead atoms. The van der Waals surface area contributed by atoms with Crippen LogP contribution in [0.5, 0.6) is 0 Å². The Morgan fingerprint density at radius 2 is 2.21 bits per heavy atom. The normalized spacial score (nSPS) is 16.4. The third kappa shape index (κ3) is 2.73. The molecule has 100 valence electrons. The average Bonchev–Trinajstić information content (AvgIpc) is 2.72. The lowest BCUT2D eigenvalue weighted by molar-refractivity contribution is 0.425. The Hall–Kier alpha value is -1.95. The molecule has 0 unspecified atom stereocenters. The molecule has 3 heterocycles. The molecule has 1 N–H and O–H groups in total. The summed E-state index contributed by atoms with van der Waals surface area (Å²) in [6.07, 6.45) is 2.94. The number of aromatic nitrogens is 3. The predicted molar refractivity (Wildman–Crippen MR) is 72.0 cm³/mol. The SMILES string of the molecule is Cc1noc(-c2ccc(N3CCCNCC3)nc2)n1. The number of pyridine rings is 1. The van der Waals surface area contributed by atoms with Crippen molar-refractivity contribution in [2.45, 2.75) is 13.3 Å². The van der Waals surface area contributed by atoms with Gasteiger partial charge in [0, 0.05) is 25.8 Å². The highest BCUT2D eigenvalue weighted by molar-refractivity contribution is 5.54. The van der Waals surface area contributed by atoms with Crippen LogP contribution in [-0.2, 0) is 0 Å². The van der Waals surface area contributed by atoms with Gasteiger partial charge in [0.25, 0.3) is 5.89 Å². The number of anilines is 1. The smallest absolute Gasteiger partial charge is 0.259 e. The van der Waals surface area contributed by atoms with Crippen LogP contribution in [0.3, 0.4) is 0 Å². The molecule has 2 aromatic rings. The zero-order valence-corrected chi connectivity index (χ0v) is 11.0. The van der Waals surface area contributed by atoms with E-state index in [0.717, 1.165) is 44.0 Å². The van der Waals surface area contributed by atoms with Crippen molar-refractivity contribution in [1.82, 2.24) is 20.4 Å². The van der Waals surface area contributed by atoms with Gasteiger partial charge in [0.1, 0.15) is 5.82 Å². The number of nitrogens with one attached hydrogen (secondary N) is 1. The van der Waals surface area contributed by atoms with Gasteiger partial charge in [-0.2, -0.15) is 4.98 Å². The topological polar surface area (TPSA) is 67.1 Å². The van der Waals surface area contributed by atoms with Crippen LogP contribution in [-0.4, -0.2) is 41.3 Å². The van der Waals surface area contributed by atoms with Crippen molar-refractivity contribution in [3.05, 3.63) is 24.2 Å². The second-order valence-electron chi connectivity index (χ2n) is 4.64. The first-order chi connectivity index (χ1) is 9.33. The van der Waals surface area contributed by atoms with E-state index in [-0.39, 0.29) is 0 Å². The Bertz CT molecular complexity index is 528. The van der Waals surface area contributed by atoms with E-state index in [0.29, 0.717) is 11.7 Å². The molecule has 1 saturated heterocycles. The molecule has 1 aliphatic rings. The van der Waals surface area contributed by atoms with Crippen molar-refractivity contribution in [3.8, 4) is 11.5 Å². The lowest BCUT2D eigenvalue weighted by Gasteiger charge is -2.20. The van der Waals surface area contributed by atoms with Crippen LogP contribution in [0.4, 0.5) is 5.82 Å². The Kier molecular flexibility index (Phi) is 3.41. The summed E-state index contributed by atoms with van der Waals surface area (Å²) in [5.74, 6) is 2.16. The molecule has 19 heavy (non-hydrogen) atoms. The van der Waals surface area contributed by atoms with Gasteiger partial charge in [-0.1, -0.05) is 5.16 Å². The van der Waals surface area contributed by atoms with Gasteiger partial charge in [-0.15, -0.1) is 0 Å². The van der Waals surface area contributed by atoms with Crippen LogP contribution in [0.15, 0.2) is 22.9 Å². The highest BCUT2D eigenvalue weighted by Gasteiger charge is 2.12. The van der Waals surface area contributed by atoms with Crippen LogP contribution < -0.4 is 10.2 Å². The van der Waals surface area contributed by atoms with Gasteiger partial charge >= 0.3 is 0 Å². The third-order valence-corrected chi connectivity index (χ3v) is 3.19. The molecule has 1 fully saturated rings. The van der Waals surface area contributed by atoms with E-state index in [1.807, 2.05) is 12.1 Å². The zero-order valence-electron chi connectivity index (χ0n) is 11.0. The predicted octanol–water partition coefficient (Wildman–Crippen LogP) is 1.24. The maximum atomic E-state index is 5.13. The quantitative estimate of drug-likeness (QED) is 0.875. The molecule has 6 nitrogen and oxygen atoms in total. The van der Waals surface area contributed by atoms with Gasteiger partial charge in [-0.25, -0.2) is 4.98 Å². The summed E-state index contributed by atoms with van der Waals surface area (Å²) >= 11 is 0. The van der Waals surface area contributed by atoms with Crippen LogP contribution in [0.25, 0.3) is 11.5 Å². The fourth-order valence-electron chi connectivity index (χ4n) is 2.19. The standard InChI is InChI=1S/C13H17N5O/c1-10-16-13(19-17-10)11-3-4-12(15-9-11)18-7-2-5-14-6-8-18/h3-4,9,14H,2,5-8H2,1H3. The second-order valence-corrected chi connectivity index (χ2v) is 4.64. The molecular weight excluding hydrogens is 242 g/mol. The minimum absolute atomic E-state index is 0.522. The van der Waals surface area contributed by atoms with Gasteiger partial charge in [-0.05, 0) is 32.0 Å². The lowest BCUT2D eigenvalue weighted by atomic mass is 10.2. The second kappa shape index (κ2) is 5.36. The van der Waals surface area contributed by atoms with E-state index in [2.05, 4.69) is 25.3 Å². The van der Waals surface area contributed by atoms with Gasteiger partial charge in [-0.3, -0.25) is 0 Å². The summed E-state index contributed by atoms with van der Waals surface area (Å²) in [6, 6.07) is 3.99. The maximum absolute atomic E-state index is 5.13. The molecule has 0 amide bonds. The van der Waals surface area contributed by atoms with Crippen LogP contribution in [0.1, 0.15) is 12.2 Å². The Balaban J connectivity index is 1.78. The van der Waals surface area contributed by atoms with E-state index >= 15 is 0 Å². The molecule has 0 radical (unpaired) electrons. The third-order valence-electron chi connectivity index (χ3n) is 3.19. The highest BCUT2D eigenvalue weighted by Crippen LogP contribution is 2.19. The number of hydrogen-bond acceptors (Lipinski definition) is 6.